The van der Waals surface area contributed by atoms with E-state index in [0.29, 0.717) is 11.3 Å². The highest BCUT2D eigenvalue weighted by molar-refractivity contribution is 9.10. The fourth-order valence-electron chi connectivity index (χ4n) is 2.42. The highest BCUT2D eigenvalue weighted by Gasteiger charge is 2.53. The second-order valence-electron chi connectivity index (χ2n) is 5.37. The number of amides is 1. The molecule has 0 atom stereocenters. The number of carbonyl (C=O) groups is 2. The molecule has 0 heterocycles. The molecule has 4 nitrogen and oxygen atoms in total. The van der Waals surface area contributed by atoms with E-state index < -0.39 is 11.3 Å². The van der Waals surface area contributed by atoms with Crippen molar-refractivity contribution in [1.29, 1.82) is 0 Å². The predicted octanol–water partition coefficient (Wildman–Crippen LogP) is 3.19. The lowest BCUT2D eigenvalue weighted by Crippen LogP contribution is -2.26. The third-order valence-electron chi connectivity index (χ3n) is 3.87. The second-order valence-corrected chi connectivity index (χ2v) is 6.29. The summed E-state index contributed by atoms with van der Waals surface area (Å²) in [6.07, 6.45) is 1.53. The van der Waals surface area contributed by atoms with Crippen LogP contribution in [0.4, 0.5) is 0 Å². The van der Waals surface area contributed by atoms with Crippen LogP contribution in [-0.4, -0.2) is 11.9 Å². The Bertz CT molecular complexity index is 736. The molecule has 1 saturated carbocycles. The summed E-state index contributed by atoms with van der Waals surface area (Å²) in [4.78, 5) is 23.7. The molecule has 1 aliphatic carbocycles. The van der Waals surface area contributed by atoms with Gasteiger partial charge in [0.05, 0.1) is 5.41 Å². The average Bonchev–Trinajstić information content (AvgIpc) is 3.30. The van der Waals surface area contributed by atoms with Crippen molar-refractivity contribution in [2.75, 3.05) is 0 Å². The van der Waals surface area contributed by atoms with E-state index in [1.807, 2.05) is 24.3 Å². The maximum Gasteiger partial charge on any atom is 0.321 e. The zero-order valence-corrected chi connectivity index (χ0v) is 13.3. The number of rotatable bonds is 4. The van der Waals surface area contributed by atoms with Crippen LogP contribution in [0.2, 0.25) is 0 Å². The highest BCUT2D eigenvalue weighted by Crippen LogP contribution is 2.49. The van der Waals surface area contributed by atoms with Crippen molar-refractivity contribution in [1.82, 2.24) is 0 Å². The summed E-state index contributed by atoms with van der Waals surface area (Å²) >= 11 is 3.38. The van der Waals surface area contributed by atoms with E-state index in [9.17, 15) is 9.59 Å². The molecular weight excluding hydrogens is 346 g/mol. The molecule has 2 aromatic carbocycles. The van der Waals surface area contributed by atoms with Crippen LogP contribution in [0.25, 0.3) is 0 Å². The SMILES string of the molecule is NC(=O)c1cccc(OC(=O)C2(c3ccc(Br)cc3)CC2)c1. The zero-order valence-electron chi connectivity index (χ0n) is 11.7. The Kier molecular flexibility index (Phi) is 3.74. The molecule has 5 heteroatoms. The van der Waals surface area contributed by atoms with Crippen LogP contribution >= 0.6 is 15.9 Å². The van der Waals surface area contributed by atoms with Gasteiger partial charge in [-0.1, -0.05) is 34.1 Å². The highest BCUT2D eigenvalue weighted by atomic mass is 79.9. The van der Waals surface area contributed by atoms with Crippen molar-refractivity contribution in [2.24, 2.45) is 5.73 Å². The molecule has 112 valence electrons. The molecule has 1 amide bonds. The molecule has 1 fully saturated rings. The number of hydrogen-bond acceptors (Lipinski definition) is 3. The summed E-state index contributed by atoms with van der Waals surface area (Å²) in [5.74, 6) is -0.506. The lowest BCUT2D eigenvalue weighted by Gasteiger charge is -2.15. The Balaban J connectivity index is 1.81. The van der Waals surface area contributed by atoms with Crippen LogP contribution in [0.15, 0.2) is 53.0 Å². The minimum atomic E-state index is -0.566. The second kappa shape index (κ2) is 5.57. The molecule has 0 spiro atoms. The standard InChI is InChI=1S/C17H14BrNO3/c18-13-6-4-12(5-7-13)17(8-9-17)16(21)22-14-3-1-2-11(10-14)15(19)20/h1-7,10H,8-9H2,(H2,19,20). The average molecular weight is 360 g/mol. The van der Waals surface area contributed by atoms with E-state index in [1.54, 1.807) is 18.2 Å². The summed E-state index contributed by atoms with van der Waals surface area (Å²) in [6, 6.07) is 14.0. The largest absolute Gasteiger partial charge is 0.426 e. The van der Waals surface area contributed by atoms with Crippen LogP contribution in [0.3, 0.4) is 0 Å². The van der Waals surface area contributed by atoms with Crippen molar-refractivity contribution in [2.45, 2.75) is 18.3 Å². The van der Waals surface area contributed by atoms with Crippen LogP contribution in [0.5, 0.6) is 5.75 Å². The van der Waals surface area contributed by atoms with Crippen molar-refractivity contribution in [3.8, 4) is 5.75 Å². The van der Waals surface area contributed by atoms with Crippen molar-refractivity contribution >= 4 is 27.8 Å². The van der Waals surface area contributed by atoms with Gasteiger partial charge in [-0.25, -0.2) is 0 Å². The Morgan fingerprint density at radius 1 is 1.09 bits per heavy atom. The van der Waals surface area contributed by atoms with Crippen LogP contribution in [0, 0.1) is 0 Å². The molecule has 0 saturated heterocycles. The fourth-order valence-corrected chi connectivity index (χ4v) is 2.69. The van der Waals surface area contributed by atoms with Crippen molar-refractivity contribution in [3.05, 3.63) is 64.1 Å². The topological polar surface area (TPSA) is 69.4 Å². The number of nitrogens with two attached hydrogens (primary N) is 1. The number of ether oxygens (including phenoxy) is 1. The lowest BCUT2D eigenvalue weighted by molar-refractivity contribution is -0.137. The maximum atomic E-state index is 12.5. The van der Waals surface area contributed by atoms with Gasteiger partial charge in [-0.2, -0.15) is 0 Å². The van der Waals surface area contributed by atoms with Crippen LogP contribution in [-0.2, 0) is 10.2 Å². The number of benzene rings is 2. The van der Waals surface area contributed by atoms with E-state index in [-0.39, 0.29) is 5.97 Å². The summed E-state index contributed by atoms with van der Waals surface area (Å²) in [5, 5.41) is 0. The van der Waals surface area contributed by atoms with E-state index in [1.165, 1.54) is 6.07 Å². The number of primary amides is 1. The lowest BCUT2D eigenvalue weighted by atomic mass is 9.96. The predicted molar refractivity (Wildman–Crippen MR) is 85.6 cm³/mol. The van der Waals surface area contributed by atoms with Gasteiger partial charge in [0, 0.05) is 10.0 Å². The van der Waals surface area contributed by atoms with Crippen LogP contribution in [0.1, 0.15) is 28.8 Å². The molecule has 0 aliphatic heterocycles. The van der Waals surface area contributed by atoms with E-state index in [0.717, 1.165) is 22.9 Å². The summed E-state index contributed by atoms with van der Waals surface area (Å²) in [6.45, 7) is 0. The smallest absolute Gasteiger partial charge is 0.321 e. The maximum absolute atomic E-state index is 12.5. The summed E-state index contributed by atoms with van der Waals surface area (Å²) < 4.78 is 6.43. The molecule has 0 radical (unpaired) electrons. The van der Waals surface area contributed by atoms with Crippen LogP contribution < -0.4 is 10.5 Å². The normalized spacial score (nSPS) is 15.1. The molecular formula is C17H14BrNO3. The summed E-state index contributed by atoms with van der Waals surface area (Å²) in [5.41, 5.74) is 5.94. The Morgan fingerprint density at radius 3 is 2.36 bits per heavy atom. The van der Waals surface area contributed by atoms with Gasteiger partial charge in [0.1, 0.15) is 5.75 Å². The third-order valence-corrected chi connectivity index (χ3v) is 4.40. The minimum absolute atomic E-state index is 0.295. The van der Waals surface area contributed by atoms with Gasteiger partial charge in [-0.05, 0) is 48.7 Å². The molecule has 22 heavy (non-hydrogen) atoms. The van der Waals surface area contributed by atoms with Gasteiger partial charge in [0.25, 0.3) is 0 Å². The fraction of sp³-hybridized carbons (Fsp3) is 0.176. The molecule has 3 rings (SSSR count). The van der Waals surface area contributed by atoms with Gasteiger partial charge in [-0.15, -0.1) is 0 Å². The number of carbonyl (C=O) groups excluding carboxylic acids is 2. The molecule has 0 aromatic heterocycles. The first kappa shape index (κ1) is 14.8. The van der Waals surface area contributed by atoms with Crippen molar-refractivity contribution in [3.63, 3.8) is 0 Å². The Labute approximate surface area is 136 Å². The summed E-state index contributed by atoms with van der Waals surface area (Å²) in [7, 11) is 0. The first-order valence-electron chi connectivity index (χ1n) is 6.89. The van der Waals surface area contributed by atoms with Gasteiger partial charge in [-0.3, -0.25) is 9.59 Å². The first-order chi connectivity index (χ1) is 10.5. The number of hydrogen-bond donors (Lipinski definition) is 1. The van der Waals surface area contributed by atoms with Gasteiger partial charge < -0.3 is 10.5 Å². The minimum Gasteiger partial charge on any atom is -0.426 e. The van der Waals surface area contributed by atoms with Crippen molar-refractivity contribution < 1.29 is 14.3 Å². The van der Waals surface area contributed by atoms with E-state index in [4.69, 9.17) is 10.5 Å². The van der Waals surface area contributed by atoms with Gasteiger partial charge in [0.2, 0.25) is 5.91 Å². The van der Waals surface area contributed by atoms with E-state index in [2.05, 4.69) is 15.9 Å². The molecule has 0 bridgehead atoms. The third kappa shape index (κ3) is 2.76. The van der Waals surface area contributed by atoms with Gasteiger partial charge in [0.15, 0.2) is 0 Å². The Morgan fingerprint density at radius 2 is 1.77 bits per heavy atom. The zero-order chi connectivity index (χ0) is 15.7. The number of esters is 1. The monoisotopic (exact) mass is 359 g/mol. The molecule has 1 aliphatic rings. The molecule has 0 unspecified atom stereocenters. The molecule has 2 aromatic rings. The quantitative estimate of drug-likeness (QED) is 0.673. The first-order valence-corrected chi connectivity index (χ1v) is 7.69. The Hall–Kier alpha value is -2.14. The van der Waals surface area contributed by atoms with E-state index >= 15 is 0 Å². The van der Waals surface area contributed by atoms with Gasteiger partial charge >= 0.3 is 5.97 Å². The molecule has 2 N–H and O–H groups in total. The number of halogens is 1.